The Balaban J connectivity index is 0.000000437. The third-order valence-electron chi connectivity index (χ3n) is 1.97. The van der Waals surface area contributed by atoms with Crippen molar-refractivity contribution in [2.75, 3.05) is 13.2 Å². The van der Waals surface area contributed by atoms with E-state index in [1.165, 1.54) is 12.5 Å². The predicted molar refractivity (Wildman–Crippen MR) is 66.2 cm³/mol. The van der Waals surface area contributed by atoms with Gasteiger partial charge in [-0.3, -0.25) is 0 Å². The highest BCUT2D eigenvalue weighted by Crippen LogP contribution is 2.12. The van der Waals surface area contributed by atoms with E-state index in [4.69, 9.17) is 9.47 Å². The van der Waals surface area contributed by atoms with Crippen LogP contribution in [-0.2, 0) is 19.0 Å². The van der Waals surface area contributed by atoms with Crippen molar-refractivity contribution < 1.29 is 19.0 Å². The molecule has 0 bridgehead atoms. The fourth-order valence-electron chi connectivity index (χ4n) is 1.14. The highest BCUT2D eigenvalue weighted by molar-refractivity contribution is 5.86. The minimum Gasteiger partial charge on any atom is -0.474 e. The summed E-state index contributed by atoms with van der Waals surface area (Å²) in [7, 11) is 0. The quantitative estimate of drug-likeness (QED) is 0.421. The summed E-state index contributed by atoms with van der Waals surface area (Å²) in [6.45, 7) is 12.8. The van der Waals surface area contributed by atoms with Crippen molar-refractivity contribution in [1.82, 2.24) is 0 Å². The number of carbonyl (C=O) groups is 1. The molecular weight excluding hydrogens is 220 g/mol. The largest absolute Gasteiger partial charge is 0.474 e. The first-order valence-electron chi connectivity index (χ1n) is 5.43. The van der Waals surface area contributed by atoms with Crippen molar-refractivity contribution in [3.63, 3.8) is 0 Å². The standard InChI is InChI=1S/C9H14O3.C4H6O/c1-7(2)9(10)12-6-8-4-3-5-11-8;1-3-5-4-2/h8H,1,3-6H2,2H3;3-4H,1-2H2. The van der Waals surface area contributed by atoms with E-state index in [2.05, 4.69) is 24.5 Å². The molecule has 0 spiro atoms. The van der Waals surface area contributed by atoms with Crippen molar-refractivity contribution >= 4 is 5.97 Å². The smallest absolute Gasteiger partial charge is 0.333 e. The summed E-state index contributed by atoms with van der Waals surface area (Å²) in [6.07, 6.45) is 4.78. The first-order valence-corrected chi connectivity index (χ1v) is 5.43. The van der Waals surface area contributed by atoms with Gasteiger partial charge in [-0.2, -0.15) is 0 Å². The molecule has 0 amide bonds. The molecule has 1 rings (SSSR count). The Bertz CT molecular complexity index is 259. The van der Waals surface area contributed by atoms with Crippen molar-refractivity contribution in [3.8, 4) is 0 Å². The fraction of sp³-hybridized carbons (Fsp3) is 0.462. The summed E-state index contributed by atoms with van der Waals surface area (Å²) in [5, 5.41) is 0. The highest BCUT2D eigenvalue weighted by atomic mass is 16.6. The van der Waals surface area contributed by atoms with Gasteiger partial charge in [0, 0.05) is 12.2 Å². The molecule has 96 valence electrons. The third kappa shape index (κ3) is 8.28. The summed E-state index contributed by atoms with van der Waals surface area (Å²) in [4.78, 5) is 10.9. The molecule has 0 aromatic carbocycles. The third-order valence-corrected chi connectivity index (χ3v) is 1.97. The lowest BCUT2D eigenvalue weighted by atomic mass is 10.2. The Labute approximate surface area is 103 Å². The van der Waals surface area contributed by atoms with Crippen LogP contribution >= 0.6 is 0 Å². The van der Waals surface area contributed by atoms with Crippen LogP contribution in [0.1, 0.15) is 19.8 Å². The van der Waals surface area contributed by atoms with E-state index >= 15 is 0 Å². The number of ether oxygens (including phenoxy) is 3. The molecule has 1 aliphatic heterocycles. The number of rotatable bonds is 5. The van der Waals surface area contributed by atoms with Gasteiger partial charge in [-0.1, -0.05) is 19.7 Å². The molecule has 0 aromatic heterocycles. The Hall–Kier alpha value is -1.55. The number of hydrogen-bond donors (Lipinski definition) is 0. The lowest BCUT2D eigenvalue weighted by molar-refractivity contribution is -0.142. The average molecular weight is 240 g/mol. The second kappa shape index (κ2) is 9.66. The molecule has 0 aromatic rings. The van der Waals surface area contributed by atoms with Crippen molar-refractivity contribution in [3.05, 3.63) is 37.8 Å². The SMILES string of the molecule is C=C(C)C(=O)OCC1CCCO1.C=COC=C. The highest BCUT2D eigenvalue weighted by Gasteiger charge is 2.17. The first-order chi connectivity index (χ1) is 8.11. The van der Waals surface area contributed by atoms with Gasteiger partial charge >= 0.3 is 5.97 Å². The molecule has 17 heavy (non-hydrogen) atoms. The maximum absolute atomic E-state index is 10.9. The molecule has 0 saturated carbocycles. The summed E-state index contributed by atoms with van der Waals surface area (Å²) < 4.78 is 14.6. The fourth-order valence-corrected chi connectivity index (χ4v) is 1.14. The van der Waals surface area contributed by atoms with Gasteiger partial charge in [0.25, 0.3) is 0 Å². The van der Waals surface area contributed by atoms with Crippen molar-refractivity contribution in [2.45, 2.75) is 25.9 Å². The number of carbonyl (C=O) groups excluding carboxylic acids is 1. The minimum atomic E-state index is -0.328. The monoisotopic (exact) mass is 240 g/mol. The zero-order valence-electron chi connectivity index (χ0n) is 10.3. The van der Waals surface area contributed by atoms with Crippen LogP contribution in [0.5, 0.6) is 0 Å². The lowest BCUT2D eigenvalue weighted by Crippen LogP contribution is -2.17. The van der Waals surface area contributed by atoms with E-state index in [1.54, 1.807) is 6.92 Å². The molecule has 1 fully saturated rings. The summed E-state index contributed by atoms with van der Waals surface area (Å²) >= 11 is 0. The molecule has 1 aliphatic rings. The van der Waals surface area contributed by atoms with Gasteiger partial charge in [0.1, 0.15) is 6.61 Å². The number of esters is 1. The maximum Gasteiger partial charge on any atom is 0.333 e. The van der Waals surface area contributed by atoms with Gasteiger partial charge in [0.15, 0.2) is 0 Å². The topological polar surface area (TPSA) is 44.8 Å². The zero-order chi connectivity index (χ0) is 13.1. The first kappa shape index (κ1) is 15.4. The maximum atomic E-state index is 10.9. The van der Waals surface area contributed by atoms with Gasteiger partial charge in [-0.25, -0.2) is 4.79 Å². The summed E-state index contributed by atoms with van der Waals surface area (Å²) in [5.74, 6) is -0.328. The van der Waals surface area contributed by atoms with Crippen LogP contribution < -0.4 is 0 Å². The second-order valence-electron chi connectivity index (χ2n) is 3.48. The Morgan fingerprint density at radius 2 is 2.12 bits per heavy atom. The van der Waals surface area contributed by atoms with Gasteiger partial charge in [0.05, 0.1) is 18.6 Å². The van der Waals surface area contributed by atoms with Crippen LogP contribution in [0, 0.1) is 0 Å². The molecule has 1 heterocycles. The van der Waals surface area contributed by atoms with E-state index in [1.807, 2.05) is 0 Å². The van der Waals surface area contributed by atoms with E-state index in [0.29, 0.717) is 12.2 Å². The molecule has 0 radical (unpaired) electrons. The number of hydrogen-bond acceptors (Lipinski definition) is 4. The predicted octanol–water partition coefficient (Wildman–Crippen LogP) is 2.57. The van der Waals surface area contributed by atoms with Crippen molar-refractivity contribution in [2.24, 2.45) is 0 Å². The molecule has 1 unspecified atom stereocenters. The van der Waals surface area contributed by atoms with Crippen LogP contribution in [-0.4, -0.2) is 25.3 Å². The van der Waals surface area contributed by atoms with Gasteiger partial charge < -0.3 is 14.2 Å². The molecular formula is C13H20O4. The molecule has 0 N–H and O–H groups in total. The van der Waals surface area contributed by atoms with E-state index in [-0.39, 0.29) is 12.1 Å². The van der Waals surface area contributed by atoms with Gasteiger partial charge in [-0.15, -0.1) is 0 Å². The van der Waals surface area contributed by atoms with Gasteiger partial charge in [-0.05, 0) is 19.8 Å². The minimum absolute atomic E-state index is 0.105. The normalized spacial score (nSPS) is 17.4. The average Bonchev–Trinajstić information content (AvgIpc) is 2.80. The van der Waals surface area contributed by atoms with Crippen LogP contribution in [0.15, 0.2) is 37.8 Å². The summed E-state index contributed by atoms with van der Waals surface area (Å²) in [5.41, 5.74) is 0.438. The Morgan fingerprint density at radius 3 is 2.47 bits per heavy atom. The summed E-state index contributed by atoms with van der Waals surface area (Å²) in [6, 6.07) is 0. The van der Waals surface area contributed by atoms with Crippen LogP contribution in [0.25, 0.3) is 0 Å². The van der Waals surface area contributed by atoms with Crippen LogP contribution in [0.2, 0.25) is 0 Å². The van der Waals surface area contributed by atoms with E-state index in [9.17, 15) is 4.79 Å². The lowest BCUT2D eigenvalue weighted by Gasteiger charge is -2.09. The molecule has 1 atom stereocenters. The van der Waals surface area contributed by atoms with Crippen molar-refractivity contribution in [1.29, 1.82) is 0 Å². The van der Waals surface area contributed by atoms with Gasteiger partial charge in [0.2, 0.25) is 0 Å². The molecule has 1 saturated heterocycles. The molecule has 4 heteroatoms. The molecule has 0 aliphatic carbocycles. The van der Waals surface area contributed by atoms with E-state index < -0.39 is 0 Å². The Kier molecular flexibility index (Phi) is 8.78. The van der Waals surface area contributed by atoms with E-state index in [0.717, 1.165) is 19.4 Å². The zero-order valence-corrected chi connectivity index (χ0v) is 10.3. The second-order valence-corrected chi connectivity index (χ2v) is 3.48. The van der Waals surface area contributed by atoms with Crippen LogP contribution in [0.3, 0.4) is 0 Å². The molecule has 4 nitrogen and oxygen atoms in total. The Morgan fingerprint density at radius 1 is 1.47 bits per heavy atom. The van der Waals surface area contributed by atoms with Crippen LogP contribution in [0.4, 0.5) is 0 Å².